The SMILES string of the molecule is C=C1N(C)C(N)=N[C@@]1(c1cccc(C#CCF)c1)c1ccc(OC(F)F)c(C)c1. The van der Waals surface area contributed by atoms with Gasteiger partial charge in [-0.3, -0.25) is 0 Å². The summed E-state index contributed by atoms with van der Waals surface area (Å²) in [6.45, 7) is 2.18. The van der Waals surface area contributed by atoms with Gasteiger partial charge in [0.2, 0.25) is 0 Å². The Bertz CT molecular complexity index is 1040. The van der Waals surface area contributed by atoms with Crippen LogP contribution in [-0.2, 0) is 5.54 Å². The van der Waals surface area contributed by atoms with Crippen LogP contribution >= 0.6 is 0 Å². The van der Waals surface area contributed by atoms with E-state index in [1.807, 2.05) is 6.07 Å². The van der Waals surface area contributed by atoms with Crippen molar-refractivity contribution in [1.82, 2.24) is 4.90 Å². The molecule has 1 aliphatic rings. The number of guanidine groups is 1. The van der Waals surface area contributed by atoms with Crippen LogP contribution in [0.5, 0.6) is 5.75 Å². The minimum atomic E-state index is -2.92. The van der Waals surface area contributed by atoms with Gasteiger partial charge in [0, 0.05) is 12.6 Å². The summed E-state index contributed by atoms with van der Waals surface area (Å²) in [5.74, 6) is 5.50. The molecule has 29 heavy (non-hydrogen) atoms. The molecule has 150 valence electrons. The van der Waals surface area contributed by atoms with E-state index in [2.05, 4.69) is 28.1 Å². The number of benzene rings is 2. The summed E-state index contributed by atoms with van der Waals surface area (Å²) in [5, 5.41) is 0. The molecule has 0 spiro atoms. The van der Waals surface area contributed by atoms with Gasteiger partial charge in [0.1, 0.15) is 5.75 Å². The molecule has 0 radical (unpaired) electrons. The second-order valence-corrected chi connectivity index (χ2v) is 6.56. The van der Waals surface area contributed by atoms with E-state index in [-0.39, 0.29) is 11.7 Å². The summed E-state index contributed by atoms with van der Waals surface area (Å²) in [7, 11) is 1.75. The largest absolute Gasteiger partial charge is 0.435 e. The molecule has 0 unspecified atom stereocenters. The van der Waals surface area contributed by atoms with Crippen LogP contribution < -0.4 is 10.5 Å². The summed E-state index contributed by atoms with van der Waals surface area (Å²) in [5.41, 5.74) is 8.15. The van der Waals surface area contributed by atoms with Crippen LogP contribution in [0, 0.1) is 18.8 Å². The van der Waals surface area contributed by atoms with Gasteiger partial charge in [0.25, 0.3) is 0 Å². The summed E-state index contributed by atoms with van der Waals surface area (Å²) in [6.07, 6.45) is 0. The van der Waals surface area contributed by atoms with Gasteiger partial charge >= 0.3 is 6.61 Å². The summed E-state index contributed by atoms with van der Waals surface area (Å²) < 4.78 is 42.3. The first-order valence-corrected chi connectivity index (χ1v) is 8.79. The quantitative estimate of drug-likeness (QED) is 0.793. The smallest absolute Gasteiger partial charge is 0.387 e. The lowest BCUT2D eigenvalue weighted by atomic mass is 9.80. The van der Waals surface area contributed by atoms with E-state index in [1.54, 1.807) is 49.2 Å². The van der Waals surface area contributed by atoms with Crippen LogP contribution in [0.2, 0.25) is 0 Å². The average Bonchev–Trinajstić information content (AvgIpc) is 2.93. The summed E-state index contributed by atoms with van der Waals surface area (Å²) in [6, 6.07) is 12.0. The minimum Gasteiger partial charge on any atom is -0.435 e. The minimum absolute atomic E-state index is 0.0791. The highest BCUT2D eigenvalue weighted by molar-refractivity contribution is 5.85. The maximum absolute atomic E-state index is 12.6. The number of aryl methyl sites for hydroxylation is 1. The van der Waals surface area contributed by atoms with Crippen LogP contribution in [0.1, 0.15) is 22.3 Å². The molecule has 1 heterocycles. The summed E-state index contributed by atoms with van der Waals surface area (Å²) in [4.78, 5) is 6.35. The lowest BCUT2D eigenvalue weighted by Crippen LogP contribution is -2.32. The molecular formula is C22H20F3N3O. The van der Waals surface area contributed by atoms with E-state index in [9.17, 15) is 13.2 Å². The standard InChI is InChI=1S/C22H20F3N3O/c1-14-12-18(9-10-19(14)29-20(24)25)22(15(2)28(3)21(26)27-22)17-8-4-6-16(13-17)7-5-11-23/h4,6,8-10,12-13,20H,2,11H2,1,3H3,(H2,26,27)/t22-/m0/s1. The number of rotatable bonds is 4. The monoisotopic (exact) mass is 399 g/mol. The van der Waals surface area contributed by atoms with Gasteiger partial charge in [-0.15, -0.1) is 0 Å². The Morgan fingerprint density at radius 1 is 1.24 bits per heavy atom. The fourth-order valence-corrected chi connectivity index (χ4v) is 3.38. The Morgan fingerprint density at radius 3 is 2.55 bits per heavy atom. The van der Waals surface area contributed by atoms with Gasteiger partial charge < -0.3 is 15.4 Å². The van der Waals surface area contributed by atoms with E-state index in [0.717, 1.165) is 5.56 Å². The van der Waals surface area contributed by atoms with Gasteiger partial charge in [-0.2, -0.15) is 8.78 Å². The Balaban J connectivity index is 2.20. The third kappa shape index (κ3) is 3.66. The number of ether oxygens (including phenoxy) is 1. The summed E-state index contributed by atoms with van der Waals surface area (Å²) >= 11 is 0. The van der Waals surface area contributed by atoms with Crippen molar-refractivity contribution in [3.05, 3.63) is 77.0 Å². The maximum Gasteiger partial charge on any atom is 0.387 e. The molecule has 1 atom stereocenters. The zero-order valence-electron chi connectivity index (χ0n) is 16.0. The Hall–Kier alpha value is -3.40. The first-order chi connectivity index (χ1) is 13.8. The number of nitrogens with zero attached hydrogens (tertiary/aromatic N) is 2. The van der Waals surface area contributed by atoms with Crippen molar-refractivity contribution >= 4 is 5.96 Å². The lowest BCUT2D eigenvalue weighted by Gasteiger charge is -2.31. The van der Waals surface area contributed by atoms with Gasteiger partial charge in [-0.25, -0.2) is 9.38 Å². The first kappa shape index (κ1) is 20.3. The number of hydrogen-bond donors (Lipinski definition) is 1. The molecule has 0 bridgehead atoms. The van der Waals surface area contributed by atoms with Gasteiger partial charge in [0.15, 0.2) is 18.2 Å². The molecule has 7 heteroatoms. The van der Waals surface area contributed by atoms with Gasteiger partial charge in [-0.1, -0.05) is 36.6 Å². The molecular weight excluding hydrogens is 379 g/mol. The van der Waals surface area contributed by atoms with E-state index in [1.165, 1.54) is 6.07 Å². The van der Waals surface area contributed by atoms with E-state index in [0.29, 0.717) is 22.4 Å². The fourth-order valence-electron chi connectivity index (χ4n) is 3.38. The highest BCUT2D eigenvalue weighted by Crippen LogP contribution is 2.45. The first-order valence-electron chi connectivity index (χ1n) is 8.79. The Morgan fingerprint density at radius 2 is 1.97 bits per heavy atom. The van der Waals surface area contributed by atoms with E-state index >= 15 is 0 Å². The Kier molecular flexibility index (Phi) is 5.55. The predicted molar refractivity (Wildman–Crippen MR) is 106 cm³/mol. The average molecular weight is 399 g/mol. The molecule has 0 saturated heterocycles. The maximum atomic E-state index is 12.6. The predicted octanol–water partition coefficient (Wildman–Crippen LogP) is 3.93. The van der Waals surface area contributed by atoms with E-state index < -0.39 is 18.8 Å². The second kappa shape index (κ2) is 7.92. The van der Waals surface area contributed by atoms with Crippen molar-refractivity contribution in [2.75, 3.05) is 13.7 Å². The van der Waals surface area contributed by atoms with Crippen molar-refractivity contribution in [2.24, 2.45) is 10.7 Å². The highest BCUT2D eigenvalue weighted by atomic mass is 19.3. The Labute approximate surface area is 167 Å². The van der Waals surface area contributed by atoms with Crippen LogP contribution in [0.15, 0.2) is 59.7 Å². The second-order valence-electron chi connectivity index (χ2n) is 6.56. The van der Waals surface area contributed by atoms with Crippen molar-refractivity contribution in [1.29, 1.82) is 0 Å². The number of alkyl halides is 3. The molecule has 0 aromatic heterocycles. The molecule has 2 N–H and O–H groups in total. The molecule has 3 rings (SSSR count). The molecule has 2 aromatic rings. The molecule has 0 amide bonds. The molecule has 0 aliphatic carbocycles. The fraction of sp³-hybridized carbons (Fsp3) is 0.227. The molecule has 0 fully saturated rings. The molecule has 1 aliphatic heterocycles. The van der Waals surface area contributed by atoms with Crippen LogP contribution in [0.25, 0.3) is 0 Å². The highest BCUT2D eigenvalue weighted by Gasteiger charge is 2.44. The van der Waals surface area contributed by atoms with Crippen LogP contribution in [-0.4, -0.2) is 31.2 Å². The van der Waals surface area contributed by atoms with Crippen LogP contribution in [0.4, 0.5) is 13.2 Å². The zero-order chi connectivity index (χ0) is 21.2. The lowest BCUT2D eigenvalue weighted by molar-refractivity contribution is -0.0503. The third-order valence-corrected chi connectivity index (χ3v) is 4.84. The van der Waals surface area contributed by atoms with Crippen LogP contribution in [0.3, 0.4) is 0 Å². The van der Waals surface area contributed by atoms with Crippen molar-refractivity contribution in [3.8, 4) is 17.6 Å². The molecule has 0 saturated carbocycles. The number of hydrogen-bond acceptors (Lipinski definition) is 4. The van der Waals surface area contributed by atoms with Gasteiger partial charge in [-0.05, 0) is 47.9 Å². The van der Waals surface area contributed by atoms with Gasteiger partial charge in [0.05, 0.1) is 5.70 Å². The number of aliphatic imine (C=N–C) groups is 1. The van der Waals surface area contributed by atoms with Crippen molar-refractivity contribution < 1.29 is 17.9 Å². The topological polar surface area (TPSA) is 50.8 Å². The molecule has 4 nitrogen and oxygen atoms in total. The normalized spacial score (nSPS) is 18.5. The zero-order valence-corrected chi connectivity index (χ0v) is 16.0. The number of likely N-dealkylation sites (N-methyl/N-ethyl adjacent to an activating group) is 1. The third-order valence-electron chi connectivity index (χ3n) is 4.84. The number of nitrogens with two attached hydrogens (primary N) is 1. The molecule has 2 aromatic carbocycles. The van der Waals surface area contributed by atoms with Crippen molar-refractivity contribution in [3.63, 3.8) is 0 Å². The number of halogens is 3. The van der Waals surface area contributed by atoms with Crippen molar-refractivity contribution in [2.45, 2.75) is 19.1 Å². The van der Waals surface area contributed by atoms with E-state index in [4.69, 9.17) is 5.73 Å².